The number of nitrogens with one attached hydrogen (secondary N) is 1. The Morgan fingerprint density at radius 1 is 1.37 bits per heavy atom. The molecule has 0 atom stereocenters. The van der Waals surface area contributed by atoms with Gasteiger partial charge in [-0.1, -0.05) is 12.6 Å². The normalized spacial score (nSPS) is 9.00. The molecule has 0 saturated carbocycles. The zero-order chi connectivity index (χ0) is 14.1. The molecule has 0 radical (unpaired) electrons. The molecule has 1 N–H and O–H groups in total. The van der Waals surface area contributed by atoms with E-state index in [1.165, 1.54) is 6.07 Å². The first-order chi connectivity index (χ1) is 9.15. The number of carbonyl (C=O) groups excluding carboxylic acids is 2. The maximum absolute atomic E-state index is 11.3. The van der Waals surface area contributed by atoms with E-state index < -0.39 is 12.1 Å². The number of ether oxygens (including phenoxy) is 2. The molecule has 1 aromatic rings. The van der Waals surface area contributed by atoms with Crippen molar-refractivity contribution in [2.24, 2.45) is 0 Å². The molecule has 0 bridgehead atoms. The summed E-state index contributed by atoms with van der Waals surface area (Å²) in [7, 11) is 0. The summed E-state index contributed by atoms with van der Waals surface area (Å²) in [5.74, 6) is -0.578. The average molecular weight is 260 g/mol. The fourth-order valence-corrected chi connectivity index (χ4v) is 1.16. The van der Waals surface area contributed by atoms with Crippen LogP contribution in [0.5, 0.6) is 0 Å². The van der Waals surface area contributed by atoms with Crippen LogP contribution in [0, 0.1) is 11.3 Å². The fraction of sp³-hybridized carbons (Fsp3) is 0.154. The summed E-state index contributed by atoms with van der Waals surface area (Å²) in [5.41, 5.74) is 0.879. The molecule has 0 heterocycles. The van der Waals surface area contributed by atoms with Gasteiger partial charge >= 0.3 is 12.1 Å². The monoisotopic (exact) mass is 260 g/mol. The molecular weight excluding hydrogens is 248 g/mol. The van der Waals surface area contributed by atoms with Gasteiger partial charge in [0.2, 0.25) is 0 Å². The zero-order valence-electron chi connectivity index (χ0n) is 10.1. The van der Waals surface area contributed by atoms with Gasteiger partial charge in [0.25, 0.3) is 0 Å². The van der Waals surface area contributed by atoms with E-state index in [4.69, 9.17) is 10.00 Å². The van der Waals surface area contributed by atoms with Crippen molar-refractivity contribution in [1.82, 2.24) is 0 Å². The number of rotatable bonds is 5. The van der Waals surface area contributed by atoms with E-state index in [2.05, 4.69) is 16.6 Å². The Labute approximate surface area is 110 Å². The smallest absolute Gasteiger partial charge is 0.411 e. The molecule has 0 aromatic heterocycles. The van der Waals surface area contributed by atoms with E-state index in [0.29, 0.717) is 11.3 Å². The highest BCUT2D eigenvalue weighted by Crippen LogP contribution is 2.09. The lowest BCUT2D eigenvalue weighted by Crippen LogP contribution is -2.17. The molecule has 0 aliphatic carbocycles. The highest BCUT2D eigenvalue weighted by atomic mass is 16.6. The number of anilines is 1. The molecule has 6 heteroatoms. The fourth-order valence-electron chi connectivity index (χ4n) is 1.16. The molecule has 1 aromatic carbocycles. The summed E-state index contributed by atoms with van der Waals surface area (Å²) < 4.78 is 9.39. The molecule has 98 valence electrons. The van der Waals surface area contributed by atoms with Crippen LogP contribution in [0.25, 0.3) is 0 Å². The first-order valence-electron chi connectivity index (χ1n) is 5.39. The Bertz CT molecular complexity index is 520. The second-order valence-electron chi connectivity index (χ2n) is 3.33. The number of hydrogen-bond donors (Lipinski definition) is 1. The highest BCUT2D eigenvalue weighted by Gasteiger charge is 2.04. The number of amides is 1. The van der Waals surface area contributed by atoms with Crippen molar-refractivity contribution >= 4 is 17.7 Å². The number of esters is 1. The lowest BCUT2D eigenvalue weighted by atomic mass is 10.2. The van der Waals surface area contributed by atoms with Crippen LogP contribution < -0.4 is 5.32 Å². The molecule has 19 heavy (non-hydrogen) atoms. The van der Waals surface area contributed by atoms with Crippen molar-refractivity contribution in [2.75, 3.05) is 18.5 Å². The van der Waals surface area contributed by atoms with Crippen LogP contribution in [-0.4, -0.2) is 25.3 Å². The van der Waals surface area contributed by atoms with E-state index >= 15 is 0 Å². The van der Waals surface area contributed by atoms with E-state index in [-0.39, 0.29) is 13.2 Å². The van der Waals surface area contributed by atoms with Crippen molar-refractivity contribution < 1.29 is 19.1 Å². The van der Waals surface area contributed by atoms with E-state index in [1.54, 1.807) is 18.2 Å². The van der Waals surface area contributed by atoms with Crippen molar-refractivity contribution in [2.45, 2.75) is 0 Å². The summed E-state index contributed by atoms with van der Waals surface area (Å²) >= 11 is 0. The van der Waals surface area contributed by atoms with Gasteiger partial charge < -0.3 is 9.47 Å². The van der Waals surface area contributed by atoms with Crippen molar-refractivity contribution in [3.8, 4) is 6.07 Å². The molecule has 0 aliphatic heterocycles. The number of nitrogens with zero attached hydrogens (tertiary/aromatic N) is 1. The van der Waals surface area contributed by atoms with Crippen LogP contribution >= 0.6 is 0 Å². The minimum atomic E-state index is -0.690. The third-order valence-corrected chi connectivity index (χ3v) is 1.97. The van der Waals surface area contributed by atoms with Gasteiger partial charge in [0.05, 0.1) is 11.6 Å². The average Bonchev–Trinajstić information content (AvgIpc) is 2.43. The van der Waals surface area contributed by atoms with Gasteiger partial charge in [-0.25, -0.2) is 9.59 Å². The van der Waals surface area contributed by atoms with Crippen LogP contribution in [0.3, 0.4) is 0 Å². The predicted octanol–water partition coefficient (Wildman–Crippen LogP) is 1.84. The standard InChI is InChI=1S/C13H12N2O4/c1-2-12(16)18-6-7-19-13(17)15-11-5-3-4-10(8-11)9-14/h2-5,8H,1,6-7H2,(H,15,17). The quantitative estimate of drug-likeness (QED) is 0.495. The zero-order valence-corrected chi connectivity index (χ0v) is 10.1. The van der Waals surface area contributed by atoms with Gasteiger partial charge in [-0.2, -0.15) is 5.26 Å². The maximum Gasteiger partial charge on any atom is 0.411 e. The third-order valence-electron chi connectivity index (χ3n) is 1.97. The van der Waals surface area contributed by atoms with Gasteiger partial charge in [0.1, 0.15) is 13.2 Å². The minimum absolute atomic E-state index is 0.0451. The Morgan fingerprint density at radius 2 is 2.11 bits per heavy atom. The number of benzene rings is 1. The van der Waals surface area contributed by atoms with Gasteiger partial charge in [0.15, 0.2) is 0 Å². The largest absolute Gasteiger partial charge is 0.459 e. The first-order valence-corrected chi connectivity index (χ1v) is 5.39. The highest BCUT2D eigenvalue weighted by molar-refractivity contribution is 5.84. The molecule has 0 spiro atoms. The molecule has 6 nitrogen and oxygen atoms in total. The van der Waals surface area contributed by atoms with Gasteiger partial charge in [-0.3, -0.25) is 5.32 Å². The van der Waals surface area contributed by atoms with E-state index in [9.17, 15) is 9.59 Å². The van der Waals surface area contributed by atoms with Crippen molar-refractivity contribution in [3.63, 3.8) is 0 Å². The first kappa shape index (κ1) is 14.3. The Hall–Kier alpha value is -2.81. The van der Waals surface area contributed by atoms with Crippen LogP contribution in [0.15, 0.2) is 36.9 Å². The SMILES string of the molecule is C=CC(=O)OCCOC(=O)Nc1cccc(C#N)c1. The van der Waals surface area contributed by atoms with Gasteiger partial charge in [-0.15, -0.1) is 0 Å². The summed E-state index contributed by atoms with van der Waals surface area (Å²) in [6.07, 6.45) is 0.331. The molecule has 0 fully saturated rings. The topological polar surface area (TPSA) is 88.4 Å². The second kappa shape index (κ2) is 7.50. The lowest BCUT2D eigenvalue weighted by molar-refractivity contribution is -0.138. The molecule has 0 aliphatic rings. The summed E-state index contributed by atoms with van der Waals surface area (Å²) in [6.45, 7) is 3.11. The Kier molecular flexibility index (Phi) is 5.63. The third kappa shape index (κ3) is 5.37. The number of carbonyl (C=O) groups is 2. The Morgan fingerprint density at radius 3 is 2.79 bits per heavy atom. The van der Waals surface area contributed by atoms with Crippen LogP contribution in [-0.2, 0) is 14.3 Å². The molecule has 1 rings (SSSR count). The lowest BCUT2D eigenvalue weighted by Gasteiger charge is -2.07. The maximum atomic E-state index is 11.3. The molecular formula is C13H12N2O4. The minimum Gasteiger partial charge on any atom is -0.459 e. The molecule has 0 saturated heterocycles. The van der Waals surface area contributed by atoms with Gasteiger partial charge in [-0.05, 0) is 18.2 Å². The second-order valence-corrected chi connectivity index (χ2v) is 3.33. The predicted molar refractivity (Wildman–Crippen MR) is 67.3 cm³/mol. The summed E-state index contributed by atoms with van der Waals surface area (Å²) in [4.78, 5) is 22.0. The summed E-state index contributed by atoms with van der Waals surface area (Å²) in [6, 6.07) is 8.35. The Balaban J connectivity index is 2.33. The summed E-state index contributed by atoms with van der Waals surface area (Å²) in [5, 5.41) is 11.1. The number of hydrogen-bond acceptors (Lipinski definition) is 5. The molecule has 0 unspecified atom stereocenters. The van der Waals surface area contributed by atoms with Crippen molar-refractivity contribution in [1.29, 1.82) is 5.26 Å². The number of nitriles is 1. The van der Waals surface area contributed by atoms with E-state index in [1.807, 2.05) is 6.07 Å². The van der Waals surface area contributed by atoms with Crippen molar-refractivity contribution in [3.05, 3.63) is 42.5 Å². The molecule has 1 amide bonds. The van der Waals surface area contributed by atoms with Gasteiger partial charge in [0, 0.05) is 11.8 Å². The van der Waals surface area contributed by atoms with Crippen LogP contribution in [0.1, 0.15) is 5.56 Å². The van der Waals surface area contributed by atoms with Crippen LogP contribution in [0.4, 0.5) is 10.5 Å². The van der Waals surface area contributed by atoms with Crippen LogP contribution in [0.2, 0.25) is 0 Å². The van der Waals surface area contributed by atoms with E-state index in [0.717, 1.165) is 6.08 Å².